The minimum absolute atomic E-state index is 0.0460. The van der Waals surface area contributed by atoms with E-state index in [-0.39, 0.29) is 5.91 Å². The van der Waals surface area contributed by atoms with Crippen LogP contribution in [0.5, 0.6) is 0 Å². The molecule has 0 bridgehead atoms. The highest BCUT2D eigenvalue weighted by atomic mass is 16.1. The van der Waals surface area contributed by atoms with Crippen LogP contribution in [0.15, 0.2) is 42.6 Å². The van der Waals surface area contributed by atoms with Crippen LogP contribution in [0.3, 0.4) is 0 Å². The minimum atomic E-state index is -0.0460. The number of nitrogens with zero attached hydrogens (tertiary/aromatic N) is 1. The Morgan fingerprint density at radius 1 is 1.20 bits per heavy atom. The molecule has 2 rings (SSSR count). The van der Waals surface area contributed by atoms with E-state index in [0.29, 0.717) is 18.8 Å². The lowest BCUT2D eigenvalue weighted by Gasteiger charge is -2.11. The van der Waals surface area contributed by atoms with Crippen molar-refractivity contribution in [2.45, 2.75) is 33.0 Å². The third kappa shape index (κ3) is 3.27. The monoisotopic (exact) mass is 271 g/mol. The van der Waals surface area contributed by atoms with Crippen molar-refractivity contribution < 1.29 is 4.79 Å². The molecule has 0 atom stereocenters. The molecule has 20 heavy (non-hydrogen) atoms. The minimum Gasteiger partial charge on any atom is -0.347 e. The van der Waals surface area contributed by atoms with Crippen molar-refractivity contribution in [3.05, 3.63) is 59.4 Å². The van der Waals surface area contributed by atoms with Gasteiger partial charge in [-0.2, -0.15) is 0 Å². The molecule has 1 aromatic heterocycles. The number of rotatable bonds is 6. The Labute approximate surface area is 119 Å². The smallest absolute Gasteiger partial charge is 0.268 e. The van der Waals surface area contributed by atoms with Crippen LogP contribution in [0.1, 0.15) is 35.0 Å². The first-order valence-electron chi connectivity index (χ1n) is 6.96. The molecule has 1 amide bonds. The maximum Gasteiger partial charge on any atom is 0.268 e. The number of amides is 1. The average Bonchev–Trinajstić information content (AvgIpc) is 2.94. The molecule has 3 N–H and O–H groups in total. The van der Waals surface area contributed by atoms with Gasteiger partial charge in [-0.25, -0.2) is 0 Å². The van der Waals surface area contributed by atoms with E-state index in [1.165, 1.54) is 0 Å². The third-order valence-corrected chi connectivity index (χ3v) is 3.30. The Balaban J connectivity index is 2.03. The number of aromatic nitrogens is 1. The maximum atomic E-state index is 12.2. The highest BCUT2D eigenvalue weighted by molar-refractivity contribution is 5.92. The summed E-state index contributed by atoms with van der Waals surface area (Å²) in [6, 6.07) is 11.6. The summed E-state index contributed by atoms with van der Waals surface area (Å²) >= 11 is 0. The first kappa shape index (κ1) is 14.3. The zero-order valence-electron chi connectivity index (χ0n) is 11.8. The van der Waals surface area contributed by atoms with Crippen molar-refractivity contribution in [3.63, 3.8) is 0 Å². The molecule has 0 radical (unpaired) electrons. The summed E-state index contributed by atoms with van der Waals surface area (Å²) in [6.07, 6.45) is 2.94. The van der Waals surface area contributed by atoms with E-state index in [9.17, 15) is 4.79 Å². The Kier molecular flexibility index (Phi) is 4.96. The zero-order chi connectivity index (χ0) is 14.4. The van der Waals surface area contributed by atoms with Crippen LogP contribution in [-0.2, 0) is 19.6 Å². The van der Waals surface area contributed by atoms with Gasteiger partial charge < -0.3 is 15.6 Å². The summed E-state index contributed by atoms with van der Waals surface area (Å²) in [4.78, 5) is 12.2. The average molecular weight is 271 g/mol. The van der Waals surface area contributed by atoms with E-state index in [0.717, 1.165) is 24.1 Å². The molecule has 4 nitrogen and oxygen atoms in total. The largest absolute Gasteiger partial charge is 0.347 e. The lowest BCUT2D eigenvalue weighted by Crippen LogP contribution is -2.26. The lowest BCUT2D eigenvalue weighted by molar-refractivity contribution is 0.0941. The molecule has 0 saturated heterocycles. The van der Waals surface area contributed by atoms with Crippen LogP contribution in [0.4, 0.5) is 0 Å². The van der Waals surface area contributed by atoms with Crippen molar-refractivity contribution in [2.24, 2.45) is 5.73 Å². The highest BCUT2D eigenvalue weighted by Gasteiger charge is 2.10. The van der Waals surface area contributed by atoms with Crippen molar-refractivity contribution in [1.82, 2.24) is 9.88 Å². The standard InChI is InChI=1S/C16H21N3O/c1-2-9-19-10-5-8-15(19)16(20)18-12-14-7-4-3-6-13(14)11-17/h3-8,10H,2,9,11-12,17H2,1H3,(H,18,20). The molecule has 0 aliphatic heterocycles. The normalized spacial score (nSPS) is 10.5. The molecule has 0 aliphatic rings. The van der Waals surface area contributed by atoms with Crippen LogP contribution in [0.2, 0.25) is 0 Å². The molecule has 2 aromatic rings. The predicted octanol–water partition coefficient (Wildman–Crippen LogP) is 2.29. The number of nitrogens with one attached hydrogen (secondary N) is 1. The van der Waals surface area contributed by atoms with Crippen LogP contribution in [0, 0.1) is 0 Å². The van der Waals surface area contributed by atoms with E-state index in [2.05, 4.69) is 12.2 Å². The Bertz CT molecular complexity index is 575. The van der Waals surface area contributed by atoms with E-state index >= 15 is 0 Å². The SMILES string of the molecule is CCCn1cccc1C(=O)NCc1ccccc1CN. The maximum absolute atomic E-state index is 12.2. The number of aryl methyl sites for hydroxylation is 1. The molecule has 1 aromatic carbocycles. The van der Waals surface area contributed by atoms with Crippen molar-refractivity contribution >= 4 is 5.91 Å². The molecule has 1 heterocycles. The summed E-state index contributed by atoms with van der Waals surface area (Å²) in [5.74, 6) is -0.0460. The fourth-order valence-corrected chi connectivity index (χ4v) is 2.25. The zero-order valence-corrected chi connectivity index (χ0v) is 11.8. The quantitative estimate of drug-likeness (QED) is 0.847. The summed E-state index contributed by atoms with van der Waals surface area (Å²) in [7, 11) is 0. The number of carbonyl (C=O) groups is 1. The Hall–Kier alpha value is -2.07. The van der Waals surface area contributed by atoms with Crippen molar-refractivity contribution in [1.29, 1.82) is 0 Å². The number of hydrogen-bond donors (Lipinski definition) is 2. The molecule has 106 valence electrons. The molecule has 0 aliphatic carbocycles. The van der Waals surface area contributed by atoms with Crippen LogP contribution < -0.4 is 11.1 Å². The van der Waals surface area contributed by atoms with Gasteiger partial charge in [-0.15, -0.1) is 0 Å². The van der Waals surface area contributed by atoms with Gasteiger partial charge in [0.25, 0.3) is 5.91 Å². The van der Waals surface area contributed by atoms with Crippen molar-refractivity contribution in [3.8, 4) is 0 Å². The second-order valence-electron chi connectivity index (χ2n) is 4.74. The topological polar surface area (TPSA) is 60.0 Å². The highest BCUT2D eigenvalue weighted by Crippen LogP contribution is 2.09. The molecule has 0 fully saturated rings. The third-order valence-electron chi connectivity index (χ3n) is 3.30. The molecule has 0 saturated carbocycles. The first-order chi connectivity index (χ1) is 9.76. The summed E-state index contributed by atoms with van der Waals surface area (Å²) < 4.78 is 1.98. The van der Waals surface area contributed by atoms with E-state index < -0.39 is 0 Å². The van der Waals surface area contributed by atoms with Gasteiger partial charge in [0, 0.05) is 25.8 Å². The van der Waals surface area contributed by atoms with Gasteiger partial charge in [-0.1, -0.05) is 31.2 Å². The fourth-order valence-electron chi connectivity index (χ4n) is 2.25. The van der Waals surface area contributed by atoms with Crippen molar-refractivity contribution in [2.75, 3.05) is 0 Å². The second kappa shape index (κ2) is 6.91. The first-order valence-corrected chi connectivity index (χ1v) is 6.96. The number of benzene rings is 1. The van der Waals surface area contributed by atoms with Gasteiger partial charge in [-0.05, 0) is 29.7 Å². The Morgan fingerprint density at radius 3 is 2.65 bits per heavy atom. The number of carbonyl (C=O) groups excluding carboxylic acids is 1. The molecular formula is C16H21N3O. The van der Waals surface area contributed by atoms with Gasteiger partial charge in [0.05, 0.1) is 0 Å². The van der Waals surface area contributed by atoms with Crippen LogP contribution in [0.25, 0.3) is 0 Å². The van der Waals surface area contributed by atoms with Crippen LogP contribution in [-0.4, -0.2) is 10.5 Å². The number of nitrogens with two attached hydrogens (primary N) is 1. The molecular weight excluding hydrogens is 250 g/mol. The van der Waals surface area contributed by atoms with E-state index in [1.54, 1.807) is 0 Å². The van der Waals surface area contributed by atoms with Gasteiger partial charge in [0.1, 0.15) is 5.69 Å². The van der Waals surface area contributed by atoms with Crippen LogP contribution >= 0.6 is 0 Å². The molecule has 0 unspecified atom stereocenters. The van der Waals surface area contributed by atoms with E-state index in [1.807, 2.05) is 47.2 Å². The summed E-state index contributed by atoms with van der Waals surface area (Å²) in [6.45, 7) is 3.94. The lowest BCUT2D eigenvalue weighted by atomic mass is 10.1. The molecule has 0 spiro atoms. The predicted molar refractivity (Wildman–Crippen MR) is 80.2 cm³/mol. The Morgan fingerprint density at radius 2 is 1.95 bits per heavy atom. The summed E-state index contributed by atoms with van der Waals surface area (Å²) in [5.41, 5.74) is 8.54. The summed E-state index contributed by atoms with van der Waals surface area (Å²) in [5, 5.41) is 2.96. The van der Waals surface area contributed by atoms with Gasteiger partial charge in [0.15, 0.2) is 0 Å². The van der Waals surface area contributed by atoms with Gasteiger partial charge in [0.2, 0.25) is 0 Å². The van der Waals surface area contributed by atoms with E-state index in [4.69, 9.17) is 5.73 Å². The second-order valence-corrected chi connectivity index (χ2v) is 4.74. The molecule has 4 heteroatoms. The van der Waals surface area contributed by atoms with Gasteiger partial charge >= 0.3 is 0 Å². The number of hydrogen-bond acceptors (Lipinski definition) is 2. The fraction of sp³-hybridized carbons (Fsp3) is 0.312. The van der Waals surface area contributed by atoms with Gasteiger partial charge in [-0.3, -0.25) is 4.79 Å².